The van der Waals surface area contributed by atoms with Crippen molar-refractivity contribution in [3.05, 3.63) is 0 Å². The van der Waals surface area contributed by atoms with Gasteiger partial charge in [0.15, 0.2) is 0 Å². The zero-order valence-corrected chi connectivity index (χ0v) is 18.3. The van der Waals surface area contributed by atoms with Crippen molar-refractivity contribution >= 4 is 11.9 Å². The third kappa shape index (κ3) is 3.42. The fourth-order valence-electron chi connectivity index (χ4n) is 5.37. The summed E-state index contributed by atoms with van der Waals surface area (Å²) in [5.74, 6) is 1.01. The molecule has 0 spiro atoms. The highest BCUT2D eigenvalue weighted by molar-refractivity contribution is 5.77. The molecule has 0 amide bonds. The van der Waals surface area contributed by atoms with E-state index in [1.54, 1.807) is 0 Å². The number of hydrogen-bond donors (Lipinski definition) is 0. The standard InChI is InChI=1S/C23H38O4/c1-8-20(3,4)18(24)26-22(7)16-10-15-11-17(22)14-23(12-15,13-16)27-19(25)21(5,6)9-2/h15-17H,8-14H2,1-7H3. The lowest BCUT2D eigenvalue weighted by Gasteiger charge is -2.63. The van der Waals surface area contributed by atoms with Crippen molar-refractivity contribution in [1.29, 1.82) is 0 Å². The molecule has 4 fully saturated rings. The van der Waals surface area contributed by atoms with E-state index in [0.29, 0.717) is 5.92 Å². The van der Waals surface area contributed by atoms with Crippen molar-refractivity contribution in [2.45, 2.75) is 105 Å². The second-order valence-electron chi connectivity index (χ2n) is 11.0. The Morgan fingerprint density at radius 2 is 1.30 bits per heavy atom. The molecule has 2 atom stereocenters. The summed E-state index contributed by atoms with van der Waals surface area (Å²) in [4.78, 5) is 25.6. The van der Waals surface area contributed by atoms with E-state index in [1.165, 1.54) is 0 Å². The minimum absolute atomic E-state index is 0.0715. The number of esters is 2. The lowest BCUT2D eigenvalue weighted by Crippen LogP contribution is -2.65. The first-order valence-corrected chi connectivity index (χ1v) is 10.8. The maximum Gasteiger partial charge on any atom is 0.312 e. The molecule has 154 valence electrons. The van der Waals surface area contributed by atoms with Gasteiger partial charge in [-0.1, -0.05) is 13.8 Å². The van der Waals surface area contributed by atoms with Gasteiger partial charge in [-0.15, -0.1) is 0 Å². The molecule has 4 rings (SSSR count). The van der Waals surface area contributed by atoms with Crippen molar-refractivity contribution in [2.75, 3.05) is 0 Å². The molecule has 4 heteroatoms. The van der Waals surface area contributed by atoms with Gasteiger partial charge in [-0.25, -0.2) is 0 Å². The van der Waals surface area contributed by atoms with Gasteiger partial charge < -0.3 is 9.47 Å². The van der Waals surface area contributed by atoms with Crippen LogP contribution in [0.3, 0.4) is 0 Å². The Kier molecular flexibility index (Phi) is 4.97. The second-order valence-corrected chi connectivity index (χ2v) is 11.0. The van der Waals surface area contributed by atoms with E-state index < -0.39 is 16.4 Å². The van der Waals surface area contributed by atoms with Gasteiger partial charge in [0, 0.05) is 11.8 Å². The summed E-state index contributed by atoms with van der Waals surface area (Å²) < 4.78 is 12.4. The molecule has 0 N–H and O–H groups in total. The van der Waals surface area contributed by atoms with E-state index in [9.17, 15) is 9.59 Å². The van der Waals surface area contributed by atoms with Crippen LogP contribution in [0.15, 0.2) is 0 Å². The molecule has 0 saturated heterocycles. The first-order valence-electron chi connectivity index (χ1n) is 10.8. The molecule has 4 aliphatic rings. The molecule has 0 aromatic heterocycles. The lowest BCUT2D eigenvalue weighted by atomic mass is 9.48. The summed E-state index contributed by atoms with van der Waals surface area (Å²) in [7, 11) is 0. The van der Waals surface area contributed by atoms with Gasteiger partial charge in [-0.2, -0.15) is 0 Å². The molecular formula is C23H38O4. The van der Waals surface area contributed by atoms with Gasteiger partial charge in [-0.3, -0.25) is 9.59 Å². The van der Waals surface area contributed by atoms with Gasteiger partial charge >= 0.3 is 11.9 Å². The minimum atomic E-state index is -0.451. The highest BCUT2D eigenvalue weighted by Crippen LogP contribution is 2.62. The Balaban J connectivity index is 1.79. The topological polar surface area (TPSA) is 52.6 Å². The summed E-state index contributed by atoms with van der Waals surface area (Å²) in [6.07, 6.45) is 6.37. The van der Waals surface area contributed by atoms with Crippen molar-refractivity contribution in [3.63, 3.8) is 0 Å². The van der Waals surface area contributed by atoms with Crippen LogP contribution in [0.1, 0.15) is 93.4 Å². The number of carbonyl (C=O) groups excluding carboxylic acids is 2. The summed E-state index contributed by atoms with van der Waals surface area (Å²) in [5.41, 5.74) is -1.65. The third-order valence-corrected chi connectivity index (χ3v) is 8.25. The molecule has 2 unspecified atom stereocenters. The van der Waals surface area contributed by atoms with Gasteiger partial charge in [0.05, 0.1) is 10.8 Å². The van der Waals surface area contributed by atoms with Crippen LogP contribution < -0.4 is 0 Å². The second kappa shape index (κ2) is 6.49. The Morgan fingerprint density at radius 1 is 0.852 bits per heavy atom. The number of rotatable bonds is 6. The normalized spacial score (nSPS) is 38.0. The number of ether oxygens (including phenoxy) is 2. The molecular weight excluding hydrogens is 340 g/mol. The van der Waals surface area contributed by atoms with Crippen LogP contribution >= 0.6 is 0 Å². The highest BCUT2D eigenvalue weighted by atomic mass is 16.6. The highest BCUT2D eigenvalue weighted by Gasteiger charge is 2.64. The summed E-state index contributed by atoms with van der Waals surface area (Å²) in [6.45, 7) is 14.1. The summed E-state index contributed by atoms with van der Waals surface area (Å²) in [5, 5.41) is 0. The van der Waals surface area contributed by atoms with Crippen LogP contribution in [0.5, 0.6) is 0 Å². The molecule has 0 radical (unpaired) electrons. The molecule has 0 aromatic carbocycles. The predicted octanol–water partition coefficient (Wildman–Crippen LogP) is 5.28. The van der Waals surface area contributed by atoms with Crippen molar-refractivity contribution in [2.24, 2.45) is 28.6 Å². The Hall–Kier alpha value is -1.06. The van der Waals surface area contributed by atoms with Crippen LogP contribution in [0.4, 0.5) is 0 Å². The molecule has 4 aliphatic carbocycles. The smallest absolute Gasteiger partial charge is 0.312 e. The molecule has 27 heavy (non-hydrogen) atoms. The van der Waals surface area contributed by atoms with E-state index in [4.69, 9.17) is 9.47 Å². The first-order chi connectivity index (χ1) is 12.4. The van der Waals surface area contributed by atoms with Crippen molar-refractivity contribution in [1.82, 2.24) is 0 Å². The van der Waals surface area contributed by atoms with Crippen LogP contribution in [0.2, 0.25) is 0 Å². The van der Waals surface area contributed by atoms with Crippen LogP contribution in [-0.4, -0.2) is 23.1 Å². The Labute approximate surface area is 164 Å². The molecule has 4 saturated carbocycles. The summed E-state index contributed by atoms with van der Waals surface area (Å²) in [6, 6.07) is 0. The minimum Gasteiger partial charge on any atom is -0.459 e. The zero-order chi connectivity index (χ0) is 20.3. The lowest BCUT2D eigenvalue weighted by molar-refractivity contribution is -0.250. The zero-order valence-electron chi connectivity index (χ0n) is 18.3. The van der Waals surface area contributed by atoms with Gasteiger partial charge in [0.25, 0.3) is 0 Å². The Bertz CT molecular complexity index is 602. The Morgan fingerprint density at radius 3 is 1.74 bits per heavy atom. The largest absolute Gasteiger partial charge is 0.459 e. The first kappa shape index (κ1) is 20.7. The van der Waals surface area contributed by atoms with E-state index in [0.717, 1.165) is 44.9 Å². The molecule has 4 nitrogen and oxygen atoms in total. The maximum absolute atomic E-state index is 12.8. The molecule has 4 bridgehead atoms. The average molecular weight is 379 g/mol. The fraction of sp³-hybridized carbons (Fsp3) is 0.913. The van der Waals surface area contributed by atoms with Crippen LogP contribution in [-0.2, 0) is 19.1 Å². The van der Waals surface area contributed by atoms with E-state index in [2.05, 4.69) is 6.92 Å². The van der Waals surface area contributed by atoms with Crippen molar-refractivity contribution in [3.8, 4) is 0 Å². The SMILES string of the molecule is CCC(C)(C)C(=O)OC12CC3CC(C1)C(C)(OC(=O)C(C)(C)CC)C(C3)C2. The monoisotopic (exact) mass is 378 g/mol. The fourth-order valence-corrected chi connectivity index (χ4v) is 5.37. The number of carbonyl (C=O) groups is 2. The van der Waals surface area contributed by atoms with E-state index in [-0.39, 0.29) is 29.4 Å². The van der Waals surface area contributed by atoms with Crippen LogP contribution in [0.25, 0.3) is 0 Å². The van der Waals surface area contributed by atoms with E-state index in [1.807, 2.05) is 41.5 Å². The maximum atomic E-state index is 12.8. The molecule has 0 aliphatic heterocycles. The average Bonchev–Trinajstić information content (AvgIpc) is 2.58. The molecule has 0 aromatic rings. The van der Waals surface area contributed by atoms with Gasteiger partial charge in [-0.05, 0) is 85.5 Å². The predicted molar refractivity (Wildman–Crippen MR) is 105 cm³/mol. The van der Waals surface area contributed by atoms with Crippen molar-refractivity contribution < 1.29 is 19.1 Å². The molecule has 0 heterocycles. The van der Waals surface area contributed by atoms with Crippen LogP contribution in [0, 0.1) is 28.6 Å². The summed E-state index contributed by atoms with van der Waals surface area (Å²) >= 11 is 0. The van der Waals surface area contributed by atoms with E-state index >= 15 is 0 Å². The van der Waals surface area contributed by atoms with Gasteiger partial charge in [0.2, 0.25) is 0 Å². The third-order valence-electron chi connectivity index (χ3n) is 8.25. The van der Waals surface area contributed by atoms with Gasteiger partial charge in [0.1, 0.15) is 11.2 Å². The number of hydrogen-bond acceptors (Lipinski definition) is 4. The quantitative estimate of drug-likeness (QED) is 0.590.